The fraction of sp³-hybridized carbons (Fsp3) is 0.692. The molecule has 0 aromatic carbocycles. The molecule has 0 aliphatic heterocycles. The second-order valence-corrected chi connectivity index (χ2v) is 5.94. The average Bonchev–Trinajstić information content (AvgIpc) is 3.04. The molecule has 1 aromatic heterocycles. The first-order valence-corrected chi connectivity index (χ1v) is 7.15. The van der Waals surface area contributed by atoms with E-state index in [9.17, 15) is 0 Å². The van der Waals surface area contributed by atoms with Gasteiger partial charge in [0.25, 0.3) is 0 Å². The third-order valence-electron chi connectivity index (χ3n) is 3.25. The van der Waals surface area contributed by atoms with Crippen molar-refractivity contribution in [2.75, 3.05) is 6.54 Å². The maximum absolute atomic E-state index is 6.05. The molecule has 2 rings (SSSR count). The van der Waals surface area contributed by atoms with Crippen molar-refractivity contribution in [1.82, 2.24) is 5.32 Å². The van der Waals surface area contributed by atoms with E-state index >= 15 is 0 Å². The quantitative estimate of drug-likeness (QED) is 0.716. The van der Waals surface area contributed by atoms with Crippen LogP contribution in [0.15, 0.2) is 12.1 Å². The summed E-state index contributed by atoms with van der Waals surface area (Å²) in [7, 11) is 0. The zero-order valence-corrected chi connectivity index (χ0v) is 10.9. The second-order valence-electron chi connectivity index (χ2n) is 4.69. The van der Waals surface area contributed by atoms with Crippen LogP contribution in [0.1, 0.15) is 35.9 Å². The van der Waals surface area contributed by atoms with E-state index in [2.05, 4.69) is 24.4 Å². The summed E-state index contributed by atoms with van der Waals surface area (Å²) in [5.41, 5.74) is 6.05. The van der Waals surface area contributed by atoms with Crippen LogP contribution in [0.25, 0.3) is 0 Å². The molecular weight excluding hydrogens is 216 g/mol. The van der Waals surface area contributed by atoms with E-state index < -0.39 is 0 Å². The van der Waals surface area contributed by atoms with Crippen molar-refractivity contribution in [3.8, 4) is 0 Å². The zero-order valence-electron chi connectivity index (χ0n) is 10.0. The maximum Gasteiger partial charge on any atom is 0.0299 e. The third-order valence-corrected chi connectivity index (χ3v) is 4.48. The summed E-state index contributed by atoms with van der Waals surface area (Å²) in [5.74, 6) is 0.829. The Bertz CT molecular complexity index is 317. The predicted molar refractivity (Wildman–Crippen MR) is 70.7 cm³/mol. The number of thiophene rings is 1. The standard InChI is InChI=1S/C13H22N2S/c1-2-11-5-6-12(16-11)9-15-8-7-13(14)10-3-4-10/h5-6,10,13,15H,2-4,7-9,14H2,1H3. The first kappa shape index (κ1) is 12.1. The number of hydrogen-bond acceptors (Lipinski definition) is 3. The van der Waals surface area contributed by atoms with Gasteiger partial charge in [-0.25, -0.2) is 0 Å². The SMILES string of the molecule is CCc1ccc(CNCCC(N)C2CC2)s1. The molecule has 2 nitrogen and oxygen atoms in total. The summed E-state index contributed by atoms with van der Waals surface area (Å²) in [6.07, 6.45) is 4.98. The molecule has 1 fully saturated rings. The first-order chi connectivity index (χ1) is 7.79. The lowest BCUT2D eigenvalue weighted by molar-refractivity contribution is 0.518. The minimum atomic E-state index is 0.432. The highest BCUT2D eigenvalue weighted by Crippen LogP contribution is 2.32. The van der Waals surface area contributed by atoms with Crippen molar-refractivity contribution < 1.29 is 0 Å². The molecular formula is C13H22N2S. The Hall–Kier alpha value is -0.380. The van der Waals surface area contributed by atoms with Gasteiger partial charge in [-0.1, -0.05) is 6.92 Å². The molecule has 1 unspecified atom stereocenters. The van der Waals surface area contributed by atoms with Gasteiger partial charge in [-0.05, 0) is 50.3 Å². The highest BCUT2D eigenvalue weighted by Gasteiger charge is 2.27. The molecule has 1 saturated carbocycles. The lowest BCUT2D eigenvalue weighted by Gasteiger charge is -2.10. The van der Waals surface area contributed by atoms with Crippen LogP contribution in [-0.2, 0) is 13.0 Å². The number of nitrogens with one attached hydrogen (secondary N) is 1. The fourth-order valence-corrected chi connectivity index (χ4v) is 2.88. The van der Waals surface area contributed by atoms with Crippen LogP contribution in [0, 0.1) is 5.92 Å². The summed E-state index contributed by atoms with van der Waals surface area (Å²) >= 11 is 1.92. The topological polar surface area (TPSA) is 38.0 Å². The van der Waals surface area contributed by atoms with Crippen molar-refractivity contribution in [1.29, 1.82) is 0 Å². The number of aryl methyl sites for hydroxylation is 1. The molecule has 0 amide bonds. The molecule has 0 saturated heterocycles. The molecule has 1 aliphatic rings. The van der Waals surface area contributed by atoms with Crippen LogP contribution in [0.5, 0.6) is 0 Å². The Morgan fingerprint density at radius 2 is 2.19 bits per heavy atom. The van der Waals surface area contributed by atoms with Gasteiger partial charge in [0.05, 0.1) is 0 Å². The van der Waals surface area contributed by atoms with Gasteiger partial charge in [-0.3, -0.25) is 0 Å². The van der Waals surface area contributed by atoms with Gasteiger partial charge in [0.2, 0.25) is 0 Å². The summed E-state index contributed by atoms with van der Waals surface area (Å²) in [4.78, 5) is 2.92. The highest BCUT2D eigenvalue weighted by molar-refractivity contribution is 7.11. The molecule has 1 atom stereocenters. The summed E-state index contributed by atoms with van der Waals surface area (Å²) in [6.45, 7) is 4.26. The van der Waals surface area contributed by atoms with Crippen LogP contribution in [0.4, 0.5) is 0 Å². The molecule has 1 aliphatic carbocycles. The molecule has 0 radical (unpaired) electrons. The van der Waals surface area contributed by atoms with Gasteiger partial charge in [-0.15, -0.1) is 11.3 Å². The Balaban J connectivity index is 1.60. The van der Waals surface area contributed by atoms with Crippen LogP contribution in [0.2, 0.25) is 0 Å². The van der Waals surface area contributed by atoms with Gasteiger partial charge in [0.1, 0.15) is 0 Å². The normalized spacial score (nSPS) is 17.6. The first-order valence-electron chi connectivity index (χ1n) is 6.33. The van der Waals surface area contributed by atoms with Crippen LogP contribution in [0.3, 0.4) is 0 Å². The molecule has 3 N–H and O–H groups in total. The molecule has 3 heteroatoms. The van der Waals surface area contributed by atoms with Gasteiger partial charge >= 0.3 is 0 Å². The zero-order chi connectivity index (χ0) is 11.4. The molecule has 1 heterocycles. The summed E-state index contributed by atoms with van der Waals surface area (Å²) < 4.78 is 0. The Kier molecular flexibility index (Phi) is 4.38. The van der Waals surface area contributed by atoms with Crippen molar-refractivity contribution in [3.05, 3.63) is 21.9 Å². The maximum atomic E-state index is 6.05. The van der Waals surface area contributed by atoms with E-state index in [0.29, 0.717) is 6.04 Å². The molecule has 0 bridgehead atoms. The number of rotatable bonds is 7. The lowest BCUT2D eigenvalue weighted by atomic mass is 10.1. The average molecular weight is 238 g/mol. The van der Waals surface area contributed by atoms with Gasteiger partial charge < -0.3 is 11.1 Å². The van der Waals surface area contributed by atoms with E-state index in [-0.39, 0.29) is 0 Å². The summed E-state index contributed by atoms with van der Waals surface area (Å²) in [6, 6.07) is 4.90. The number of nitrogens with two attached hydrogens (primary N) is 1. The minimum Gasteiger partial charge on any atom is -0.327 e. The van der Waals surface area contributed by atoms with Gasteiger partial charge in [0, 0.05) is 22.3 Å². The minimum absolute atomic E-state index is 0.432. The Morgan fingerprint density at radius 3 is 2.81 bits per heavy atom. The van der Waals surface area contributed by atoms with E-state index in [1.54, 1.807) is 0 Å². The van der Waals surface area contributed by atoms with Gasteiger partial charge in [0.15, 0.2) is 0 Å². The van der Waals surface area contributed by atoms with E-state index in [0.717, 1.165) is 31.8 Å². The van der Waals surface area contributed by atoms with E-state index in [1.807, 2.05) is 11.3 Å². The smallest absolute Gasteiger partial charge is 0.0299 e. The largest absolute Gasteiger partial charge is 0.327 e. The third kappa shape index (κ3) is 3.58. The second kappa shape index (κ2) is 5.80. The fourth-order valence-electron chi connectivity index (χ4n) is 1.95. The molecule has 90 valence electrons. The Morgan fingerprint density at radius 1 is 1.44 bits per heavy atom. The molecule has 0 spiro atoms. The van der Waals surface area contributed by atoms with Crippen molar-refractivity contribution in [3.63, 3.8) is 0 Å². The summed E-state index contributed by atoms with van der Waals surface area (Å²) in [5, 5.41) is 3.48. The number of hydrogen-bond donors (Lipinski definition) is 2. The Labute approximate surface area is 102 Å². The van der Waals surface area contributed by atoms with E-state index in [1.165, 1.54) is 22.6 Å². The van der Waals surface area contributed by atoms with Crippen LogP contribution in [-0.4, -0.2) is 12.6 Å². The molecule has 1 aromatic rings. The van der Waals surface area contributed by atoms with Gasteiger partial charge in [-0.2, -0.15) is 0 Å². The van der Waals surface area contributed by atoms with Crippen LogP contribution >= 0.6 is 11.3 Å². The van der Waals surface area contributed by atoms with Crippen molar-refractivity contribution in [2.45, 2.75) is 45.2 Å². The highest BCUT2D eigenvalue weighted by atomic mass is 32.1. The lowest BCUT2D eigenvalue weighted by Crippen LogP contribution is -2.27. The van der Waals surface area contributed by atoms with E-state index in [4.69, 9.17) is 5.73 Å². The van der Waals surface area contributed by atoms with Crippen LogP contribution < -0.4 is 11.1 Å². The molecule has 16 heavy (non-hydrogen) atoms. The van der Waals surface area contributed by atoms with Crippen molar-refractivity contribution >= 4 is 11.3 Å². The monoisotopic (exact) mass is 238 g/mol. The predicted octanol–water partition coefficient (Wildman–Crippen LogP) is 2.53. The van der Waals surface area contributed by atoms with Crippen molar-refractivity contribution in [2.24, 2.45) is 11.7 Å².